The lowest BCUT2D eigenvalue weighted by Gasteiger charge is -2.15. The number of carbonyl (C=O) groups is 1. The molecule has 0 saturated carbocycles. The molecule has 3 nitrogen and oxygen atoms in total. The van der Waals surface area contributed by atoms with Crippen molar-refractivity contribution in [3.8, 4) is 0 Å². The van der Waals surface area contributed by atoms with Crippen LogP contribution < -0.4 is 0 Å². The first-order chi connectivity index (χ1) is 9.56. The lowest BCUT2D eigenvalue weighted by Crippen LogP contribution is -2.24. The molecule has 0 fully saturated rings. The summed E-state index contributed by atoms with van der Waals surface area (Å²) in [5.74, 6) is 0.0958. The van der Waals surface area contributed by atoms with Crippen molar-refractivity contribution in [2.24, 2.45) is 0 Å². The van der Waals surface area contributed by atoms with E-state index in [1.165, 1.54) is 17.0 Å². The van der Waals surface area contributed by atoms with Gasteiger partial charge in [0.15, 0.2) is 3.77 Å². The van der Waals surface area contributed by atoms with E-state index in [0.29, 0.717) is 11.3 Å². The second-order valence-corrected chi connectivity index (χ2v) is 5.32. The maximum atomic E-state index is 13.5. The van der Waals surface area contributed by atoms with E-state index in [4.69, 9.17) is 4.42 Å². The average Bonchev–Trinajstić information content (AvgIpc) is 2.84. The molecule has 1 aromatic carbocycles. The normalized spacial score (nSPS) is 10.9. The number of rotatable bonds is 4. The minimum Gasteiger partial charge on any atom is -0.451 e. The number of halogens is 2. The van der Waals surface area contributed by atoms with Crippen molar-refractivity contribution in [2.75, 3.05) is 7.05 Å². The van der Waals surface area contributed by atoms with Crippen LogP contribution in [0.1, 0.15) is 11.3 Å². The third-order valence-corrected chi connectivity index (χ3v) is 3.31. The van der Waals surface area contributed by atoms with Gasteiger partial charge in [-0.15, -0.1) is 0 Å². The SMILES string of the molecule is CN(Cc1ccccc1F)C(=O)C=Cc1ccc(I)o1. The Bertz CT molecular complexity index is 636. The smallest absolute Gasteiger partial charge is 0.246 e. The molecular weight excluding hydrogens is 372 g/mol. The number of likely N-dealkylation sites (N-methyl/N-ethyl adjacent to an activating group) is 1. The molecule has 5 heteroatoms. The van der Waals surface area contributed by atoms with E-state index in [2.05, 4.69) is 22.6 Å². The van der Waals surface area contributed by atoms with Gasteiger partial charge in [0, 0.05) is 25.2 Å². The number of benzene rings is 1. The fourth-order valence-electron chi connectivity index (χ4n) is 1.66. The van der Waals surface area contributed by atoms with Gasteiger partial charge in [-0.05, 0) is 46.9 Å². The summed E-state index contributed by atoms with van der Waals surface area (Å²) in [6.07, 6.45) is 3.01. The van der Waals surface area contributed by atoms with Crippen LogP contribution >= 0.6 is 22.6 Å². The first kappa shape index (κ1) is 14.8. The summed E-state index contributed by atoms with van der Waals surface area (Å²) in [6.45, 7) is 0.228. The number of hydrogen-bond acceptors (Lipinski definition) is 2. The average molecular weight is 385 g/mol. The van der Waals surface area contributed by atoms with E-state index in [9.17, 15) is 9.18 Å². The van der Waals surface area contributed by atoms with Crippen LogP contribution in [0.25, 0.3) is 6.08 Å². The van der Waals surface area contributed by atoms with Crippen molar-refractivity contribution >= 4 is 34.6 Å². The number of hydrogen-bond donors (Lipinski definition) is 0. The van der Waals surface area contributed by atoms with Gasteiger partial charge >= 0.3 is 0 Å². The number of furan rings is 1. The Hall–Kier alpha value is -1.63. The van der Waals surface area contributed by atoms with Crippen molar-refractivity contribution in [1.82, 2.24) is 4.90 Å². The summed E-state index contributed by atoms with van der Waals surface area (Å²) >= 11 is 2.05. The van der Waals surface area contributed by atoms with Crippen molar-refractivity contribution in [3.63, 3.8) is 0 Å². The molecule has 0 aliphatic carbocycles. The highest BCUT2D eigenvalue weighted by molar-refractivity contribution is 14.1. The predicted octanol–water partition coefficient (Wildman–Crippen LogP) is 3.70. The molecule has 0 aliphatic rings. The summed E-state index contributed by atoms with van der Waals surface area (Å²) in [4.78, 5) is 13.4. The lowest BCUT2D eigenvalue weighted by atomic mass is 10.2. The van der Waals surface area contributed by atoms with E-state index in [1.807, 2.05) is 6.07 Å². The minimum atomic E-state index is -0.309. The Morgan fingerprint density at radius 2 is 2.10 bits per heavy atom. The molecule has 104 valence electrons. The maximum Gasteiger partial charge on any atom is 0.246 e. The van der Waals surface area contributed by atoms with Crippen LogP contribution in [0, 0.1) is 9.58 Å². The van der Waals surface area contributed by atoms with Crippen LogP contribution in [0.3, 0.4) is 0 Å². The van der Waals surface area contributed by atoms with Gasteiger partial charge in [-0.3, -0.25) is 4.79 Å². The van der Waals surface area contributed by atoms with Gasteiger partial charge in [0.05, 0.1) is 0 Å². The predicted molar refractivity (Wildman–Crippen MR) is 83.3 cm³/mol. The summed E-state index contributed by atoms with van der Waals surface area (Å²) in [5.41, 5.74) is 0.490. The number of amides is 1. The highest BCUT2D eigenvalue weighted by atomic mass is 127. The molecule has 1 heterocycles. The molecule has 20 heavy (non-hydrogen) atoms. The van der Waals surface area contributed by atoms with E-state index in [-0.39, 0.29) is 18.3 Å². The Morgan fingerprint density at radius 1 is 1.35 bits per heavy atom. The van der Waals surface area contributed by atoms with Crippen LogP contribution in [0.5, 0.6) is 0 Å². The molecule has 0 saturated heterocycles. The van der Waals surface area contributed by atoms with Gasteiger partial charge in [-0.1, -0.05) is 18.2 Å². The van der Waals surface area contributed by atoms with Gasteiger partial charge in [-0.2, -0.15) is 0 Å². The lowest BCUT2D eigenvalue weighted by molar-refractivity contribution is -0.125. The van der Waals surface area contributed by atoms with Crippen molar-refractivity contribution in [2.45, 2.75) is 6.54 Å². The summed E-state index contributed by atoms with van der Waals surface area (Å²) < 4.78 is 19.6. The second kappa shape index (κ2) is 6.69. The highest BCUT2D eigenvalue weighted by Crippen LogP contribution is 2.12. The molecule has 0 N–H and O–H groups in total. The van der Waals surface area contributed by atoms with Crippen LogP contribution in [0.4, 0.5) is 4.39 Å². The molecule has 0 bridgehead atoms. The third-order valence-electron chi connectivity index (χ3n) is 2.73. The quantitative estimate of drug-likeness (QED) is 0.594. The highest BCUT2D eigenvalue weighted by Gasteiger charge is 2.09. The van der Waals surface area contributed by atoms with Crippen LogP contribution in [0.15, 0.2) is 46.9 Å². The molecule has 0 atom stereocenters. The zero-order valence-electron chi connectivity index (χ0n) is 10.8. The second-order valence-electron chi connectivity index (χ2n) is 4.26. The Balaban J connectivity index is 1.99. The summed E-state index contributed by atoms with van der Waals surface area (Å²) in [7, 11) is 1.63. The van der Waals surface area contributed by atoms with Gasteiger partial charge in [0.2, 0.25) is 5.91 Å². The minimum absolute atomic E-state index is 0.209. The fourth-order valence-corrected chi connectivity index (χ4v) is 2.09. The first-order valence-electron chi connectivity index (χ1n) is 5.98. The molecule has 0 spiro atoms. The van der Waals surface area contributed by atoms with Crippen LogP contribution in [-0.4, -0.2) is 17.9 Å². The third kappa shape index (κ3) is 3.93. The largest absolute Gasteiger partial charge is 0.451 e. The Morgan fingerprint density at radius 3 is 2.75 bits per heavy atom. The summed E-state index contributed by atoms with van der Waals surface area (Å²) in [5, 5.41) is 0. The van der Waals surface area contributed by atoms with Gasteiger partial charge < -0.3 is 9.32 Å². The fraction of sp³-hybridized carbons (Fsp3) is 0.133. The standard InChI is InChI=1S/C15H13FINO2/c1-18(10-11-4-2-3-5-13(11)16)15(19)9-7-12-6-8-14(17)20-12/h2-9H,10H2,1H3. The van der Waals surface area contributed by atoms with Gasteiger partial charge in [0.25, 0.3) is 0 Å². The van der Waals surface area contributed by atoms with E-state index >= 15 is 0 Å². The maximum absolute atomic E-state index is 13.5. The monoisotopic (exact) mass is 385 g/mol. The van der Waals surface area contributed by atoms with Gasteiger partial charge in [-0.25, -0.2) is 4.39 Å². The van der Waals surface area contributed by atoms with Crippen molar-refractivity contribution in [3.05, 3.63) is 63.4 Å². The number of nitrogens with zero attached hydrogens (tertiary/aromatic N) is 1. The van der Waals surface area contributed by atoms with Gasteiger partial charge in [0.1, 0.15) is 11.6 Å². The molecule has 1 aromatic heterocycles. The van der Waals surface area contributed by atoms with Crippen LogP contribution in [-0.2, 0) is 11.3 Å². The topological polar surface area (TPSA) is 33.5 Å². The van der Waals surface area contributed by atoms with E-state index in [1.54, 1.807) is 37.4 Å². The Labute approximate surface area is 130 Å². The number of carbonyl (C=O) groups excluding carboxylic acids is 1. The van der Waals surface area contributed by atoms with Crippen LogP contribution in [0.2, 0.25) is 0 Å². The molecule has 0 unspecified atom stereocenters. The molecular formula is C15H13FINO2. The van der Waals surface area contributed by atoms with E-state index < -0.39 is 0 Å². The van der Waals surface area contributed by atoms with Crippen molar-refractivity contribution < 1.29 is 13.6 Å². The molecule has 2 rings (SSSR count). The van der Waals surface area contributed by atoms with E-state index in [0.717, 1.165) is 3.77 Å². The summed E-state index contributed by atoms with van der Waals surface area (Å²) in [6, 6.07) is 10.0. The molecule has 1 amide bonds. The first-order valence-corrected chi connectivity index (χ1v) is 7.06. The van der Waals surface area contributed by atoms with Crippen molar-refractivity contribution in [1.29, 1.82) is 0 Å². The zero-order chi connectivity index (χ0) is 14.5. The Kier molecular flexibility index (Phi) is 4.94. The molecule has 2 aromatic rings. The molecule has 0 radical (unpaired) electrons. The zero-order valence-corrected chi connectivity index (χ0v) is 13.0. The molecule has 0 aliphatic heterocycles.